The van der Waals surface area contributed by atoms with Gasteiger partial charge < -0.3 is 20.6 Å². The van der Waals surface area contributed by atoms with Crippen molar-refractivity contribution in [1.29, 1.82) is 0 Å². The number of hydrogen-bond donors (Lipinski definition) is 3. The summed E-state index contributed by atoms with van der Waals surface area (Å²) < 4.78 is 5.07. The first kappa shape index (κ1) is 12.1. The molecule has 2 aromatic rings. The molecular formula is C12H13N3O3. The predicted molar refractivity (Wildman–Crippen MR) is 64.9 cm³/mol. The van der Waals surface area contributed by atoms with Crippen LogP contribution in [0.4, 0.5) is 5.69 Å². The molecule has 0 radical (unpaired) electrons. The minimum atomic E-state index is -0.797. The topological polar surface area (TPSA) is 101 Å². The van der Waals surface area contributed by atoms with Crippen molar-refractivity contribution in [3.63, 3.8) is 0 Å². The van der Waals surface area contributed by atoms with Gasteiger partial charge in [-0.15, -0.1) is 0 Å². The Balaban J connectivity index is 2.04. The molecule has 6 heteroatoms. The van der Waals surface area contributed by atoms with E-state index < -0.39 is 12.0 Å². The van der Waals surface area contributed by atoms with E-state index >= 15 is 0 Å². The van der Waals surface area contributed by atoms with Gasteiger partial charge in [-0.25, -0.2) is 0 Å². The number of amides is 1. The molecule has 94 valence electrons. The minimum absolute atomic E-state index is 0.206. The molecule has 6 nitrogen and oxygen atoms in total. The zero-order chi connectivity index (χ0) is 13.0. The molecule has 0 aliphatic carbocycles. The molecule has 2 heterocycles. The fourth-order valence-corrected chi connectivity index (χ4v) is 1.53. The van der Waals surface area contributed by atoms with Crippen LogP contribution in [0.3, 0.4) is 0 Å². The number of primary amides is 1. The van der Waals surface area contributed by atoms with E-state index in [0.29, 0.717) is 11.4 Å². The molecule has 0 fully saturated rings. The lowest BCUT2D eigenvalue weighted by molar-refractivity contribution is 0.100. The summed E-state index contributed by atoms with van der Waals surface area (Å²) in [5, 5.41) is 12.7. The molecule has 0 saturated heterocycles. The Morgan fingerprint density at radius 2 is 2.39 bits per heavy atom. The Morgan fingerprint density at radius 1 is 1.56 bits per heavy atom. The van der Waals surface area contributed by atoms with Gasteiger partial charge in [0.2, 0.25) is 0 Å². The van der Waals surface area contributed by atoms with Crippen molar-refractivity contribution in [3.05, 3.63) is 48.2 Å². The van der Waals surface area contributed by atoms with Gasteiger partial charge in [0.1, 0.15) is 11.9 Å². The summed E-state index contributed by atoms with van der Waals surface area (Å²) in [4.78, 5) is 15.0. The highest BCUT2D eigenvalue weighted by molar-refractivity contribution is 5.98. The van der Waals surface area contributed by atoms with Crippen LogP contribution in [0.5, 0.6) is 0 Å². The SMILES string of the molecule is NC(=O)c1cnccc1NCC(O)c1ccco1. The van der Waals surface area contributed by atoms with Gasteiger partial charge in [-0.05, 0) is 18.2 Å². The second kappa shape index (κ2) is 5.33. The van der Waals surface area contributed by atoms with Crippen LogP contribution < -0.4 is 11.1 Å². The number of pyridine rings is 1. The molecule has 2 rings (SSSR count). The van der Waals surface area contributed by atoms with Crippen molar-refractivity contribution >= 4 is 11.6 Å². The monoisotopic (exact) mass is 247 g/mol. The number of furan rings is 1. The van der Waals surface area contributed by atoms with E-state index in [0.717, 1.165) is 0 Å². The number of aliphatic hydroxyl groups is 1. The number of nitrogens with two attached hydrogens (primary N) is 1. The summed E-state index contributed by atoms with van der Waals surface area (Å²) in [6.45, 7) is 0.206. The number of hydrogen-bond acceptors (Lipinski definition) is 5. The molecule has 18 heavy (non-hydrogen) atoms. The maximum absolute atomic E-state index is 11.2. The van der Waals surface area contributed by atoms with Crippen molar-refractivity contribution in [2.45, 2.75) is 6.10 Å². The summed E-state index contributed by atoms with van der Waals surface area (Å²) in [6, 6.07) is 4.99. The van der Waals surface area contributed by atoms with Crippen molar-refractivity contribution < 1.29 is 14.3 Å². The molecule has 0 aromatic carbocycles. The van der Waals surface area contributed by atoms with E-state index in [1.165, 1.54) is 18.7 Å². The van der Waals surface area contributed by atoms with Crippen LogP contribution in [-0.2, 0) is 0 Å². The van der Waals surface area contributed by atoms with Crippen LogP contribution in [0, 0.1) is 0 Å². The summed E-state index contributed by atoms with van der Waals surface area (Å²) in [6.07, 6.45) is 3.60. The molecule has 0 spiro atoms. The van der Waals surface area contributed by atoms with Gasteiger partial charge in [0.15, 0.2) is 0 Å². The number of carbonyl (C=O) groups is 1. The zero-order valence-electron chi connectivity index (χ0n) is 9.54. The van der Waals surface area contributed by atoms with Gasteiger partial charge in [-0.2, -0.15) is 0 Å². The maximum atomic E-state index is 11.2. The van der Waals surface area contributed by atoms with Gasteiger partial charge in [0.25, 0.3) is 5.91 Å². The quantitative estimate of drug-likeness (QED) is 0.729. The Hall–Kier alpha value is -2.34. The first-order valence-electron chi connectivity index (χ1n) is 5.37. The first-order chi connectivity index (χ1) is 8.68. The number of anilines is 1. The Morgan fingerprint density at radius 3 is 3.06 bits per heavy atom. The molecule has 1 unspecified atom stereocenters. The third kappa shape index (κ3) is 2.67. The van der Waals surface area contributed by atoms with Crippen molar-refractivity contribution in [1.82, 2.24) is 4.98 Å². The number of carbonyl (C=O) groups excluding carboxylic acids is 1. The van der Waals surface area contributed by atoms with E-state index in [1.54, 1.807) is 18.2 Å². The molecule has 0 aliphatic rings. The number of rotatable bonds is 5. The summed E-state index contributed by atoms with van der Waals surface area (Å²) in [5.74, 6) is -0.115. The molecule has 2 aromatic heterocycles. The summed E-state index contributed by atoms with van der Waals surface area (Å²) in [5.41, 5.74) is 6.03. The van der Waals surface area contributed by atoms with Gasteiger partial charge in [0.05, 0.1) is 17.5 Å². The van der Waals surface area contributed by atoms with Gasteiger partial charge in [0, 0.05) is 18.9 Å². The minimum Gasteiger partial charge on any atom is -0.467 e. The number of nitrogens with zero attached hydrogens (tertiary/aromatic N) is 1. The van der Waals surface area contributed by atoms with Crippen LogP contribution in [0.25, 0.3) is 0 Å². The summed E-state index contributed by atoms with van der Waals surface area (Å²) >= 11 is 0. The van der Waals surface area contributed by atoms with Crippen molar-refractivity contribution in [2.24, 2.45) is 5.73 Å². The molecule has 0 aliphatic heterocycles. The predicted octanol–water partition coefficient (Wildman–Crippen LogP) is 0.919. The van der Waals surface area contributed by atoms with Crippen molar-refractivity contribution in [2.75, 3.05) is 11.9 Å². The highest BCUT2D eigenvalue weighted by Crippen LogP contribution is 2.17. The third-order valence-corrected chi connectivity index (χ3v) is 2.44. The zero-order valence-corrected chi connectivity index (χ0v) is 9.54. The fourth-order valence-electron chi connectivity index (χ4n) is 1.53. The molecular weight excluding hydrogens is 234 g/mol. The maximum Gasteiger partial charge on any atom is 0.252 e. The van der Waals surface area contributed by atoms with E-state index in [9.17, 15) is 9.90 Å². The highest BCUT2D eigenvalue weighted by atomic mass is 16.4. The van der Waals surface area contributed by atoms with Gasteiger partial charge >= 0.3 is 0 Å². The third-order valence-electron chi connectivity index (χ3n) is 2.44. The molecule has 1 atom stereocenters. The smallest absolute Gasteiger partial charge is 0.252 e. The molecule has 1 amide bonds. The average molecular weight is 247 g/mol. The number of aromatic nitrogens is 1. The van der Waals surface area contributed by atoms with Crippen LogP contribution in [0.15, 0.2) is 41.3 Å². The largest absolute Gasteiger partial charge is 0.467 e. The highest BCUT2D eigenvalue weighted by Gasteiger charge is 2.12. The van der Waals surface area contributed by atoms with E-state index in [4.69, 9.17) is 10.2 Å². The van der Waals surface area contributed by atoms with E-state index in [2.05, 4.69) is 10.3 Å². The molecule has 0 saturated carbocycles. The number of nitrogens with one attached hydrogen (secondary N) is 1. The second-order valence-corrected chi connectivity index (χ2v) is 3.70. The lowest BCUT2D eigenvalue weighted by Crippen LogP contribution is -2.17. The first-order valence-corrected chi connectivity index (χ1v) is 5.37. The summed E-state index contributed by atoms with van der Waals surface area (Å²) in [7, 11) is 0. The Labute approximate surface area is 103 Å². The Bertz CT molecular complexity index is 525. The molecule has 4 N–H and O–H groups in total. The lowest BCUT2D eigenvalue weighted by Gasteiger charge is -2.12. The lowest BCUT2D eigenvalue weighted by atomic mass is 10.2. The van der Waals surface area contributed by atoms with E-state index in [1.807, 2.05) is 0 Å². The average Bonchev–Trinajstić information content (AvgIpc) is 2.90. The normalized spacial score (nSPS) is 12.1. The Kier molecular flexibility index (Phi) is 3.59. The fraction of sp³-hybridized carbons (Fsp3) is 0.167. The second-order valence-electron chi connectivity index (χ2n) is 3.70. The number of aliphatic hydroxyl groups excluding tert-OH is 1. The van der Waals surface area contributed by atoms with Crippen LogP contribution in [-0.4, -0.2) is 22.5 Å². The standard InChI is InChI=1S/C12H13N3O3/c13-12(17)8-6-14-4-3-9(8)15-7-10(16)11-2-1-5-18-11/h1-6,10,16H,7H2,(H2,13,17)(H,14,15). The van der Waals surface area contributed by atoms with Crippen molar-refractivity contribution in [3.8, 4) is 0 Å². The molecule has 0 bridgehead atoms. The van der Waals surface area contributed by atoms with E-state index in [-0.39, 0.29) is 12.1 Å². The van der Waals surface area contributed by atoms with Crippen LogP contribution in [0.1, 0.15) is 22.2 Å². The van der Waals surface area contributed by atoms with Gasteiger partial charge in [-0.1, -0.05) is 0 Å². The van der Waals surface area contributed by atoms with Gasteiger partial charge in [-0.3, -0.25) is 9.78 Å². The van der Waals surface area contributed by atoms with Crippen LogP contribution in [0.2, 0.25) is 0 Å². The van der Waals surface area contributed by atoms with Crippen LogP contribution >= 0.6 is 0 Å².